The van der Waals surface area contributed by atoms with Gasteiger partial charge in [0.15, 0.2) is 0 Å². The van der Waals surface area contributed by atoms with Crippen LogP contribution in [0.3, 0.4) is 0 Å². The van der Waals surface area contributed by atoms with Gasteiger partial charge in [0, 0.05) is 55.0 Å². The Morgan fingerprint density at radius 2 is 1.97 bits per heavy atom. The quantitative estimate of drug-likeness (QED) is 0.536. The van der Waals surface area contributed by atoms with E-state index in [4.69, 9.17) is 0 Å². The fourth-order valence-electron chi connectivity index (χ4n) is 5.07. The summed E-state index contributed by atoms with van der Waals surface area (Å²) in [4.78, 5) is 16.4. The number of aryl methyl sites for hydroxylation is 2. The SMILES string of the molecule is CC[C@H]1C(=O)N(C)c2cc(N3CCCc4cc(-c5cnn(C)c5)c(C(F)F)cc43)ccc21. The largest absolute Gasteiger partial charge is 0.341 e. The van der Waals surface area contributed by atoms with Gasteiger partial charge in [-0.3, -0.25) is 9.48 Å². The molecule has 1 amide bonds. The molecule has 5 rings (SSSR count). The van der Waals surface area contributed by atoms with E-state index in [1.165, 1.54) is 0 Å². The van der Waals surface area contributed by atoms with Crippen LogP contribution in [0.1, 0.15) is 48.8 Å². The average Bonchev–Trinajstić information content (AvgIpc) is 3.33. The van der Waals surface area contributed by atoms with Crippen LogP contribution >= 0.6 is 0 Å². The Bertz CT molecular complexity index is 1200. The van der Waals surface area contributed by atoms with Gasteiger partial charge in [0.1, 0.15) is 0 Å². The van der Waals surface area contributed by atoms with Gasteiger partial charge in [-0.15, -0.1) is 0 Å². The van der Waals surface area contributed by atoms with Gasteiger partial charge in [-0.05, 0) is 60.2 Å². The fraction of sp³-hybridized carbons (Fsp3) is 0.360. The maximum atomic E-state index is 14.1. The first-order chi connectivity index (χ1) is 15.4. The second kappa shape index (κ2) is 7.73. The third-order valence-electron chi connectivity index (χ3n) is 6.72. The van der Waals surface area contributed by atoms with Gasteiger partial charge < -0.3 is 9.80 Å². The molecule has 0 bridgehead atoms. The predicted octanol–water partition coefficient (Wildman–Crippen LogP) is 5.58. The third-order valence-corrected chi connectivity index (χ3v) is 6.72. The highest BCUT2D eigenvalue weighted by atomic mass is 19.3. The van der Waals surface area contributed by atoms with Gasteiger partial charge >= 0.3 is 0 Å². The van der Waals surface area contributed by atoms with Gasteiger partial charge in [-0.1, -0.05) is 13.0 Å². The summed E-state index contributed by atoms with van der Waals surface area (Å²) in [5.74, 6) is 0.00459. The number of halogens is 2. The Labute approximate surface area is 186 Å². The van der Waals surface area contributed by atoms with Gasteiger partial charge in [0.2, 0.25) is 5.91 Å². The number of hydrogen-bond acceptors (Lipinski definition) is 3. The lowest BCUT2D eigenvalue weighted by Gasteiger charge is -2.33. The summed E-state index contributed by atoms with van der Waals surface area (Å²) in [5, 5.41) is 4.16. The van der Waals surface area contributed by atoms with Crippen LogP contribution in [0, 0.1) is 0 Å². The summed E-state index contributed by atoms with van der Waals surface area (Å²) in [5.41, 5.74) is 6.01. The molecule has 0 radical (unpaired) electrons. The highest BCUT2D eigenvalue weighted by Gasteiger charge is 2.34. The zero-order valence-corrected chi connectivity index (χ0v) is 18.5. The molecule has 0 N–H and O–H groups in total. The number of aromatic nitrogens is 2. The number of carbonyl (C=O) groups excluding carboxylic acids is 1. The Morgan fingerprint density at radius 1 is 1.16 bits per heavy atom. The van der Waals surface area contributed by atoms with E-state index in [-0.39, 0.29) is 17.4 Å². The summed E-state index contributed by atoms with van der Waals surface area (Å²) in [6.07, 6.45) is 3.34. The van der Waals surface area contributed by atoms with Crippen molar-refractivity contribution in [3.8, 4) is 11.1 Å². The van der Waals surface area contributed by atoms with Crippen molar-refractivity contribution in [2.45, 2.75) is 38.5 Å². The highest BCUT2D eigenvalue weighted by Crippen LogP contribution is 2.44. The zero-order chi connectivity index (χ0) is 22.6. The standard InChI is InChI=1S/C25H26F2N4O/c1-4-18-19-8-7-17(11-23(19)30(3)25(18)32)31-9-5-6-15-10-20(16-13-28-29(2)14-16)21(24(26)27)12-22(15)31/h7-8,10-14,18,24H,4-6,9H2,1-3H3/t18-/m1/s1. The molecule has 2 aromatic carbocycles. The van der Waals surface area contributed by atoms with Crippen LogP contribution in [0.5, 0.6) is 0 Å². The Hall–Kier alpha value is -3.22. The monoisotopic (exact) mass is 436 g/mol. The van der Waals surface area contributed by atoms with Crippen molar-refractivity contribution in [3.63, 3.8) is 0 Å². The van der Waals surface area contributed by atoms with E-state index in [2.05, 4.69) is 10.00 Å². The Morgan fingerprint density at radius 3 is 2.66 bits per heavy atom. The lowest BCUT2D eigenvalue weighted by molar-refractivity contribution is -0.119. The molecule has 0 aliphatic carbocycles. The molecule has 3 aromatic rings. The molecule has 0 unspecified atom stereocenters. The number of fused-ring (bicyclic) bond motifs is 2. The van der Waals surface area contributed by atoms with Crippen molar-refractivity contribution in [1.29, 1.82) is 0 Å². The Kier molecular flexibility index (Phi) is 4.99. The van der Waals surface area contributed by atoms with E-state index in [9.17, 15) is 13.6 Å². The zero-order valence-electron chi connectivity index (χ0n) is 18.5. The number of hydrogen-bond donors (Lipinski definition) is 0. The maximum absolute atomic E-state index is 14.1. The molecule has 3 heterocycles. The van der Waals surface area contributed by atoms with Gasteiger partial charge in [-0.25, -0.2) is 8.78 Å². The number of benzene rings is 2. The van der Waals surface area contributed by atoms with E-state index >= 15 is 0 Å². The molecule has 1 aromatic heterocycles. The molecule has 2 aliphatic heterocycles. The number of alkyl halides is 2. The van der Waals surface area contributed by atoms with E-state index in [0.717, 1.165) is 54.0 Å². The van der Waals surface area contributed by atoms with Crippen molar-refractivity contribution in [2.24, 2.45) is 7.05 Å². The first-order valence-electron chi connectivity index (χ1n) is 11.0. The molecular formula is C25H26F2N4O. The number of anilines is 3. The normalized spacial score (nSPS) is 17.8. The second-order valence-corrected chi connectivity index (χ2v) is 8.63. The molecule has 0 saturated carbocycles. The maximum Gasteiger partial charge on any atom is 0.264 e. The van der Waals surface area contributed by atoms with Crippen molar-refractivity contribution in [1.82, 2.24) is 9.78 Å². The first kappa shape index (κ1) is 20.7. The van der Waals surface area contributed by atoms with Crippen LogP contribution < -0.4 is 9.80 Å². The van der Waals surface area contributed by atoms with Crippen LogP contribution in [0.2, 0.25) is 0 Å². The molecule has 166 valence electrons. The van der Waals surface area contributed by atoms with E-state index < -0.39 is 6.43 Å². The summed E-state index contributed by atoms with van der Waals surface area (Å²) in [7, 11) is 3.59. The minimum atomic E-state index is -2.59. The number of amides is 1. The first-order valence-corrected chi connectivity index (χ1v) is 11.0. The molecule has 5 nitrogen and oxygen atoms in total. The van der Waals surface area contributed by atoms with Crippen LogP contribution in [0.25, 0.3) is 11.1 Å². The second-order valence-electron chi connectivity index (χ2n) is 8.63. The smallest absolute Gasteiger partial charge is 0.264 e. The van der Waals surface area contributed by atoms with Crippen molar-refractivity contribution >= 4 is 23.0 Å². The number of rotatable bonds is 4. The van der Waals surface area contributed by atoms with Crippen LogP contribution in [-0.4, -0.2) is 29.3 Å². The average molecular weight is 437 g/mol. The molecule has 2 aliphatic rings. The van der Waals surface area contributed by atoms with Gasteiger partial charge in [0.25, 0.3) is 6.43 Å². The highest BCUT2D eigenvalue weighted by molar-refractivity contribution is 6.05. The lowest BCUT2D eigenvalue weighted by Crippen LogP contribution is -2.25. The molecular weight excluding hydrogens is 410 g/mol. The number of carbonyl (C=O) groups is 1. The molecule has 0 spiro atoms. The van der Waals surface area contributed by atoms with Crippen LogP contribution in [0.15, 0.2) is 42.7 Å². The topological polar surface area (TPSA) is 41.4 Å². The number of nitrogens with zero attached hydrogens (tertiary/aromatic N) is 4. The minimum Gasteiger partial charge on any atom is -0.341 e. The van der Waals surface area contributed by atoms with Crippen LogP contribution in [0.4, 0.5) is 25.8 Å². The van der Waals surface area contributed by atoms with E-state index in [0.29, 0.717) is 11.1 Å². The lowest BCUT2D eigenvalue weighted by atomic mass is 9.92. The molecule has 7 heteroatoms. The van der Waals surface area contributed by atoms with Crippen molar-refractivity contribution in [2.75, 3.05) is 23.4 Å². The Balaban J connectivity index is 1.60. The van der Waals surface area contributed by atoms with Crippen LogP contribution in [-0.2, 0) is 18.3 Å². The number of likely N-dealkylation sites (N-methyl/N-ethyl adjacent to an activating group) is 1. The summed E-state index contributed by atoms with van der Waals surface area (Å²) in [6, 6.07) is 9.59. The third kappa shape index (κ3) is 3.18. The van der Waals surface area contributed by atoms with Crippen molar-refractivity contribution in [3.05, 3.63) is 59.4 Å². The molecule has 0 saturated heterocycles. The predicted molar refractivity (Wildman–Crippen MR) is 122 cm³/mol. The van der Waals surface area contributed by atoms with E-state index in [1.54, 1.807) is 42.1 Å². The summed E-state index contributed by atoms with van der Waals surface area (Å²) < 4.78 is 29.8. The fourth-order valence-corrected chi connectivity index (χ4v) is 5.07. The summed E-state index contributed by atoms with van der Waals surface area (Å²) >= 11 is 0. The van der Waals surface area contributed by atoms with E-state index in [1.807, 2.05) is 31.2 Å². The molecule has 1 atom stereocenters. The molecule has 32 heavy (non-hydrogen) atoms. The molecule has 0 fully saturated rings. The summed E-state index contributed by atoms with van der Waals surface area (Å²) in [6.45, 7) is 2.77. The minimum absolute atomic E-state index is 0.0168. The van der Waals surface area contributed by atoms with Gasteiger partial charge in [-0.2, -0.15) is 5.10 Å². The van der Waals surface area contributed by atoms with Crippen molar-refractivity contribution < 1.29 is 13.6 Å². The van der Waals surface area contributed by atoms with Gasteiger partial charge in [0.05, 0.1) is 12.1 Å².